The first-order valence-corrected chi connectivity index (χ1v) is 4.72. The van der Waals surface area contributed by atoms with E-state index in [2.05, 4.69) is 11.9 Å². The van der Waals surface area contributed by atoms with E-state index < -0.39 is 0 Å². The van der Waals surface area contributed by atoms with E-state index >= 15 is 0 Å². The largest absolute Gasteiger partial charge is 0.303 e. The number of nitrogens with zero attached hydrogens (tertiary/aromatic N) is 1. The quantitative estimate of drug-likeness (QED) is 0.597. The Balaban J connectivity index is 2.33. The summed E-state index contributed by atoms with van der Waals surface area (Å²) in [6.07, 6.45) is 5.04. The van der Waals surface area contributed by atoms with Crippen molar-refractivity contribution in [3.63, 3.8) is 0 Å². The summed E-state index contributed by atoms with van der Waals surface area (Å²) in [6, 6.07) is 0.740. The molecule has 0 heterocycles. The Morgan fingerprint density at radius 3 is 2.42 bits per heavy atom. The van der Waals surface area contributed by atoms with Crippen molar-refractivity contribution >= 4 is 6.29 Å². The Hall–Kier alpha value is -0.370. The highest BCUT2D eigenvalue weighted by atomic mass is 16.1. The summed E-state index contributed by atoms with van der Waals surface area (Å²) in [5.41, 5.74) is -0.176. The molecular formula is C10H19NO. The zero-order valence-electron chi connectivity index (χ0n) is 8.34. The average molecular weight is 169 g/mol. The van der Waals surface area contributed by atoms with Crippen molar-refractivity contribution in [2.24, 2.45) is 5.41 Å². The Morgan fingerprint density at radius 1 is 1.50 bits per heavy atom. The minimum atomic E-state index is -0.176. The van der Waals surface area contributed by atoms with Crippen LogP contribution in [-0.2, 0) is 4.79 Å². The van der Waals surface area contributed by atoms with E-state index in [0.29, 0.717) is 0 Å². The van der Waals surface area contributed by atoms with Gasteiger partial charge in [-0.3, -0.25) is 0 Å². The van der Waals surface area contributed by atoms with Crippen LogP contribution in [0.4, 0.5) is 0 Å². The first-order chi connectivity index (χ1) is 5.55. The van der Waals surface area contributed by atoms with Crippen LogP contribution >= 0.6 is 0 Å². The molecule has 0 aromatic carbocycles. The van der Waals surface area contributed by atoms with Crippen molar-refractivity contribution in [2.75, 3.05) is 13.6 Å². The molecule has 0 spiro atoms. The molecule has 0 N–H and O–H groups in total. The molecule has 2 heteroatoms. The lowest BCUT2D eigenvalue weighted by Crippen LogP contribution is -2.42. The average Bonchev–Trinajstić information content (AvgIpc) is 1.82. The van der Waals surface area contributed by atoms with Crippen molar-refractivity contribution in [1.29, 1.82) is 0 Å². The van der Waals surface area contributed by atoms with Gasteiger partial charge in [0.05, 0.1) is 0 Å². The normalized spacial score (nSPS) is 19.3. The molecule has 0 amide bonds. The molecule has 1 aliphatic rings. The highest BCUT2D eigenvalue weighted by molar-refractivity contribution is 5.58. The van der Waals surface area contributed by atoms with Gasteiger partial charge >= 0.3 is 0 Å². The second-order valence-corrected chi connectivity index (χ2v) is 4.61. The van der Waals surface area contributed by atoms with Gasteiger partial charge in [0.1, 0.15) is 6.29 Å². The molecule has 1 aliphatic carbocycles. The van der Waals surface area contributed by atoms with Gasteiger partial charge in [-0.2, -0.15) is 0 Å². The summed E-state index contributed by atoms with van der Waals surface area (Å²) in [6.45, 7) is 4.88. The molecular weight excluding hydrogens is 150 g/mol. The zero-order chi connectivity index (χ0) is 9.19. The number of carbonyl (C=O) groups is 1. The second-order valence-electron chi connectivity index (χ2n) is 4.61. The molecule has 12 heavy (non-hydrogen) atoms. The predicted octanol–water partition coefficient (Wildman–Crippen LogP) is 1.70. The van der Waals surface area contributed by atoms with Gasteiger partial charge in [0.25, 0.3) is 0 Å². The van der Waals surface area contributed by atoms with Crippen LogP contribution < -0.4 is 0 Å². The van der Waals surface area contributed by atoms with Crippen LogP contribution in [0.2, 0.25) is 0 Å². The van der Waals surface area contributed by atoms with E-state index in [0.717, 1.165) is 18.9 Å². The van der Waals surface area contributed by atoms with E-state index in [9.17, 15) is 4.79 Å². The molecule has 0 saturated heterocycles. The minimum Gasteiger partial charge on any atom is -0.303 e. The molecule has 1 fully saturated rings. The fourth-order valence-corrected chi connectivity index (χ4v) is 1.64. The summed E-state index contributed by atoms with van der Waals surface area (Å²) >= 11 is 0. The maximum absolute atomic E-state index is 10.7. The van der Waals surface area contributed by atoms with Gasteiger partial charge in [-0.05, 0) is 19.9 Å². The molecule has 70 valence electrons. The van der Waals surface area contributed by atoms with Gasteiger partial charge < -0.3 is 9.69 Å². The molecule has 0 unspecified atom stereocenters. The first-order valence-electron chi connectivity index (χ1n) is 4.72. The molecule has 0 aliphatic heterocycles. The lowest BCUT2D eigenvalue weighted by atomic mass is 9.88. The van der Waals surface area contributed by atoms with Crippen molar-refractivity contribution in [3.05, 3.63) is 0 Å². The highest BCUT2D eigenvalue weighted by Crippen LogP contribution is 2.25. The predicted molar refractivity (Wildman–Crippen MR) is 50.1 cm³/mol. The number of carbonyl (C=O) groups excluding carboxylic acids is 1. The highest BCUT2D eigenvalue weighted by Gasteiger charge is 2.26. The summed E-state index contributed by atoms with van der Waals surface area (Å²) < 4.78 is 0. The lowest BCUT2D eigenvalue weighted by Gasteiger charge is -2.37. The van der Waals surface area contributed by atoms with Crippen LogP contribution in [0.15, 0.2) is 0 Å². The second kappa shape index (κ2) is 3.56. The van der Waals surface area contributed by atoms with Gasteiger partial charge in [0.2, 0.25) is 0 Å². The van der Waals surface area contributed by atoms with Crippen LogP contribution in [0, 0.1) is 5.41 Å². The number of aldehydes is 1. The third-order valence-corrected chi connectivity index (χ3v) is 2.67. The maximum atomic E-state index is 10.7. The Bertz CT molecular complexity index is 161. The van der Waals surface area contributed by atoms with E-state index in [-0.39, 0.29) is 5.41 Å². The summed E-state index contributed by atoms with van der Waals surface area (Å²) in [5.74, 6) is 0. The van der Waals surface area contributed by atoms with Gasteiger partial charge in [-0.25, -0.2) is 0 Å². The number of rotatable bonds is 4. The monoisotopic (exact) mass is 169 g/mol. The number of hydrogen-bond acceptors (Lipinski definition) is 2. The van der Waals surface area contributed by atoms with E-state index in [4.69, 9.17) is 0 Å². The zero-order valence-corrected chi connectivity index (χ0v) is 8.34. The van der Waals surface area contributed by atoms with Crippen LogP contribution in [0.1, 0.15) is 33.1 Å². The summed E-state index contributed by atoms with van der Waals surface area (Å²) in [5, 5.41) is 0. The molecule has 2 nitrogen and oxygen atoms in total. The molecule has 1 saturated carbocycles. The fraction of sp³-hybridized carbons (Fsp3) is 0.900. The standard InChI is InChI=1S/C10H19NO/c1-10(2,8-12)7-11(3)9-5-4-6-9/h8-9H,4-7H2,1-3H3. The van der Waals surface area contributed by atoms with Gasteiger partial charge in [0.15, 0.2) is 0 Å². The van der Waals surface area contributed by atoms with Crippen LogP contribution in [0.5, 0.6) is 0 Å². The molecule has 0 bridgehead atoms. The third kappa shape index (κ3) is 2.31. The van der Waals surface area contributed by atoms with E-state index in [1.165, 1.54) is 19.3 Å². The van der Waals surface area contributed by atoms with Crippen molar-refractivity contribution in [3.8, 4) is 0 Å². The van der Waals surface area contributed by atoms with Crippen LogP contribution in [0.25, 0.3) is 0 Å². The lowest BCUT2D eigenvalue weighted by molar-refractivity contribution is -0.115. The van der Waals surface area contributed by atoms with E-state index in [1.54, 1.807) is 0 Å². The molecule has 1 rings (SSSR count). The summed E-state index contributed by atoms with van der Waals surface area (Å²) in [7, 11) is 2.12. The van der Waals surface area contributed by atoms with Gasteiger partial charge in [0, 0.05) is 18.0 Å². The molecule has 0 atom stereocenters. The number of hydrogen-bond donors (Lipinski definition) is 0. The van der Waals surface area contributed by atoms with E-state index in [1.807, 2.05) is 13.8 Å². The van der Waals surface area contributed by atoms with Crippen LogP contribution in [-0.4, -0.2) is 30.8 Å². The first kappa shape index (κ1) is 9.72. The van der Waals surface area contributed by atoms with Gasteiger partial charge in [-0.1, -0.05) is 20.3 Å². The minimum absolute atomic E-state index is 0.176. The Labute approximate surface area is 74.9 Å². The SMILES string of the molecule is CN(CC(C)(C)C=O)C1CCC1. The Morgan fingerprint density at radius 2 is 2.08 bits per heavy atom. The Kier molecular flexibility index (Phi) is 2.89. The summed E-state index contributed by atoms with van der Waals surface area (Å²) in [4.78, 5) is 13.0. The topological polar surface area (TPSA) is 20.3 Å². The maximum Gasteiger partial charge on any atom is 0.126 e. The van der Waals surface area contributed by atoms with Crippen molar-refractivity contribution in [2.45, 2.75) is 39.2 Å². The molecule has 0 aromatic heterocycles. The fourth-order valence-electron chi connectivity index (χ4n) is 1.64. The van der Waals surface area contributed by atoms with Crippen LogP contribution in [0.3, 0.4) is 0 Å². The van der Waals surface area contributed by atoms with Crippen molar-refractivity contribution < 1.29 is 4.79 Å². The molecule has 0 aromatic rings. The van der Waals surface area contributed by atoms with Gasteiger partial charge in [-0.15, -0.1) is 0 Å². The smallest absolute Gasteiger partial charge is 0.126 e. The third-order valence-electron chi connectivity index (χ3n) is 2.67. The van der Waals surface area contributed by atoms with Crippen molar-refractivity contribution in [1.82, 2.24) is 4.90 Å². The molecule has 0 radical (unpaired) electrons.